The van der Waals surface area contributed by atoms with E-state index in [1.165, 1.54) is 36.9 Å². The fourth-order valence-electron chi connectivity index (χ4n) is 8.36. The predicted molar refractivity (Wildman–Crippen MR) is 265 cm³/mol. The Morgan fingerprint density at radius 2 is 1.10 bits per heavy atom. The molecule has 0 aliphatic carbocycles. The number of nitrogens with zero attached hydrogens (tertiary/aromatic N) is 4. The lowest BCUT2D eigenvalue weighted by Crippen LogP contribution is -2.38. The summed E-state index contributed by atoms with van der Waals surface area (Å²) in [5, 5.41) is 20.9. The summed E-state index contributed by atoms with van der Waals surface area (Å²) in [5.74, 6) is -0.175. The van der Waals surface area contributed by atoms with Gasteiger partial charge in [-0.15, -0.1) is 0 Å². The van der Waals surface area contributed by atoms with Gasteiger partial charge in [-0.05, 0) is 160 Å². The number of nitriles is 2. The third-order valence-electron chi connectivity index (χ3n) is 12.5. The van der Waals surface area contributed by atoms with Crippen molar-refractivity contribution >= 4 is 49.2 Å². The van der Waals surface area contributed by atoms with Gasteiger partial charge in [0.2, 0.25) is 10.0 Å². The van der Waals surface area contributed by atoms with Gasteiger partial charge in [0.15, 0.2) is 0 Å². The molecule has 360 valence electrons. The second-order valence-corrected chi connectivity index (χ2v) is 20.7. The Morgan fingerprint density at radius 3 is 1.54 bits per heavy atom. The van der Waals surface area contributed by atoms with E-state index in [-0.39, 0.29) is 28.0 Å². The van der Waals surface area contributed by atoms with E-state index in [1.807, 2.05) is 60.4 Å². The van der Waals surface area contributed by atoms with Gasteiger partial charge >= 0.3 is 5.97 Å². The maximum atomic E-state index is 13.2. The molecule has 2 aliphatic heterocycles. The third kappa shape index (κ3) is 13.6. The zero-order chi connectivity index (χ0) is 49.7. The molecular weight excluding hydrogens is 915 g/mol. The zero-order valence-corrected chi connectivity index (χ0v) is 40.8. The van der Waals surface area contributed by atoms with E-state index in [4.69, 9.17) is 10.5 Å². The van der Waals surface area contributed by atoms with Gasteiger partial charge in [-0.25, -0.2) is 21.6 Å². The second kappa shape index (κ2) is 23.3. The molecule has 69 heavy (non-hydrogen) atoms. The largest absolute Gasteiger partial charge is 0.465 e. The first-order valence-corrected chi connectivity index (χ1v) is 25.8. The highest BCUT2D eigenvalue weighted by Gasteiger charge is 2.27. The number of hydrogen-bond donors (Lipinski definition) is 3. The predicted octanol–water partition coefficient (Wildman–Crippen LogP) is 7.71. The minimum atomic E-state index is -4.01. The molecule has 0 spiro atoms. The number of benzene rings is 5. The normalized spacial score (nSPS) is 14.3. The Kier molecular flexibility index (Phi) is 17.3. The van der Waals surface area contributed by atoms with Gasteiger partial charge in [0.05, 0.1) is 58.0 Å². The number of piperidine rings is 2. The topological polar surface area (TPSA) is 219 Å². The van der Waals surface area contributed by atoms with Crippen LogP contribution in [0.2, 0.25) is 0 Å². The third-order valence-corrected chi connectivity index (χ3v) is 15.2. The van der Waals surface area contributed by atoms with Crippen LogP contribution in [0.4, 0.5) is 11.4 Å². The molecule has 0 unspecified atom stereocenters. The van der Waals surface area contributed by atoms with Gasteiger partial charge < -0.3 is 19.9 Å². The SMILES string of the molecule is CNCCCS(=O)(=O)Nc1cc(C(=O)N2CCC(c3ccc(C#N)cc3)CC2)ccc1C.COC(=O)c1cccc(S(=O)(=O)Nc2cc(C(=O)N3CCC(c4ccc(C#N)cc4)CC3)ccc2C)c1. The monoisotopic (exact) mass is 971 g/mol. The molecule has 0 bridgehead atoms. The lowest BCUT2D eigenvalue weighted by Gasteiger charge is -2.32. The summed E-state index contributed by atoms with van der Waals surface area (Å²) in [7, 11) is -4.48. The van der Waals surface area contributed by atoms with Gasteiger partial charge in [0.1, 0.15) is 0 Å². The number of likely N-dealkylation sites (tertiary alicyclic amines) is 2. The summed E-state index contributed by atoms with van der Waals surface area (Å²) in [6.45, 7) is 6.64. The summed E-state index contributed by atoms with van der Waals surface area (Å²) in [4.78, 5) is 41.6. The average Bonchev–Trinajstić information content (AvgIpc) is 3.37. The molecule has 0 atom stereocenters. The van der Waals surface area contributed by atoms with Gasteiger partial charge in [0.25, 0.3) is 21.8 Å². The van der Waals surface area contributed by atoms with Crippen LogP contribution in [0.3, 0.4) is 0 Å². The molecule has 0 aromatic heterocycles. The van der Waals surface area contributed by atoms with Crippen molar-refractivity contribution in [2.45, 2.75) is 62.7 Å². The first-order chi connectivity index (χ1) is 33.0. The molecule has 3 N–H and O–H groups in total. The summed E-state index contributed by atoms with van der Waals surface area (Å²) >= 11 is 0. The van der Waals surface area contributed by atoms with E-state index >= 15 is 0 Å². The number of carbonyl (C=O) groups excluding carboxylic acids is 3. The number of anilines is 2. The number of nitrogens with one attached hydrogen (secondary N) is 3. The lowest BCUT2D eigenvalue weighted by molar-refractivity contribution is 0.0599. The van der Waals surface area contributed by atoms with Crippen LogP contribution in [-0.2, 0) is 24.8 Å². The molecule has 7 rings (SSSR count). The highest BCUT2D eigenvalue weighted by Crippen LogP contribution is 2.32. The molecule has 0 saturated carbocycles. The van der Waals surface area contributed by atoms with Crippen molar-refractivity contribution in [3.63, 3.8) is 0 Å². The fraction of sp³-hybridized carbons (Fsp3) is 0.327. The van der Waals surface area contributed by atoms with Gasteiger partial charge in [-0.1, -0.05) is 42.5 Å². The molecule has 0 radical (unpaired) electrons. The van der Waals surface area contributed by atoms with Gasteiger partial charge in [-0.3, -0.25) is 19.0 Å². The van der Waals surface area contributed by atoms with Crippen molar-refractivity contribution in [2.75, 3.05) is 62.1 Å². The van der Waals surface area contributed by atoms with Gasteiger partial charge in [-0.2, -0.15) is 10.5 Å². The van der Waals surface area contributed by atoms with Crippen molar-refractivity contribution in [3.8, 4) is 12.1 Å². The molecule has 2 saturated heterocycles. The van der Waals surface area contributed by atoms with Crippen LogP contribution in [0.15, 0.2) is 114 Å². The molecular formula is C52H57N7O8S2. The second-order valence-electron chi connectivity index (χ2n) is 17.2. The summed E-state index contributed by atoms with van der Waals surface area (Å²) < 4.78 is 60.7. The number of amides is 2. The summed E-state index contributed by atoms with van der Waals surface area (Å²) in [6.07, 6.45) is 3.83. The maximum Gasteiger partial charge on any atom is 0.337 e. The van der Waals surface area contributed by atoms with Crippen molar-refractivity contribution < 1.29 is 36.0 Å². The Hall–Kier alpha value is -7.05. The van der Waals surface area contributed by atoms with E-state index in [9.17, 15) is 31.2 Å². The van der Waals surface area contributed by atoms with E-state index in [0.29, 0.717) is 90.2 Å². The van der Waals surface area contributed by atoms with E-state index in [0.717, 1.165) is 36.8 Å². The van der Waals surface area contributed by atoms with Gasteiger partial charge in [0, 0.05) is 37.3 Å². The molecule has 2 aliphatic rings. The molecule has 5 aromatic rings. The minimum absolute atomic E-state index is 0.0221. The summed E-state index contributed by atoms with van der Waals surface area (Å²) in [6, 6.07) is 35.2. The Morgan fingerprint density at radius 1 is 0.638 bits per heavy atom. The Labute approximate surface area is 405 Å². The number of carbonyl (C=O) groups is 3. The number of hydrogen-bond acceptors (Lipinski definition) is 11. The van der Waals surface area contributed by atoms with Crippen LogP contribution < -0.4 is 14.8 Å². The zero-order valence-electron chi connectivity index (χ0n) is 39.2. The Bertz CT molecular complexity index is 2950. The Balaban J connectivity index is 0.000000229. The first kappa shape index (κ1) is 51.3. The van der Waals surface area contributed by atoms with Crippen LogP contribution in [0.5, 0.6) is 0 Å². The van der Waals surface area contributed by atoms with Crippen LogP contribution in [0.25, 0.3) is 0 Å². The lowest BCUT2D eigenvalue weighted by atomic mass is 9.89. The summed E-state index contributed by atoms with van der Waals surface area (Å²) in [5.41, 5.74) is 6.80. The standard InChI is InChI=1S/C28H27N3O5S.C24H30N4O3S/c1-19-6-9-23(17-26(19)30-37(34,35)25-5-3-4-24(16-25)28(33)36-2)27(32)31-14-12-22(13-15-31)21-10-7-20(18-29)8-11-21;1-18-4-7-22(16-23(18)27-32(30,31)15-3-12-26-2)24(29)28-13-10-21(11-14-28)20-8-5-19(17-25)6-9-20/h3-11,16-17,22,30H,12-15H2,1-2H3;4-9,16,21,26-27H,3,10-15H2,1-2H3. The van der Waals surface area contributed by atoms with E-state index < -0.39 is 26.0 Å². The minimum Gasteiger partial charge on any atom is -0.465 e. The molecule has 2 fully saturated rings. The molecule has 15 nitrogen and oxygen atoms in total. The molecule has 2 amide bonds. The number of rotatable bonds is 14. The maximum absolute atomic E-state index is 13.2. The molecule has 2 heterocycles. The highest BCUT2D eigenvalue weighted by molar-refractivity contribution is 7.93. The number of methoxy groups -OCH3 is 1. The van der Waals surface area contributed by atoms with Crippen molar-refractivity contribution in [3.05, 3.63) is 159 Å². The van der Waals surface area contributed by atoms with E-state index in [2.05, 4.69) is 31.6 Å². The van der Waals surface area contributed by atoms with Crippen molar-refractivity contribution in [2.24, 2.45) is 0 Å². The number of aryl methyl sites for hydroxylation is 2. The quantitative estimate of drug-likeness (QED) is 0.0723. The number of esters is 1. The van der Waals surface area contributed by atoms with Crippen LogP contribution in [0.1, 0.15) is 108 Å². The average molecular weight is 972 g/mol. The number of sulfonamides is 2. The van der Waals surface area contributed by atoms with Crippen molar-refractivity contribution in [1.29, 1.82) is 10.5 Å². The number of ether oxygens (including phenoxy) is 1. The van der Waals surface area contributed by atoms with Crippen LogP contribution >= 0.6 is 0 Å². The first-order valence-electron chi connectivity index (χ1n) is 22.7. The van der Waals surface area contributed by atoms with E-state index in [1.54, 1.807) is 55.3 Å². The van der Waals surface area contributed by atoms with Crippen molar-refractivity contribution in [1.82, 2.24) is 15.1 Å². The molecule has 5 aromatic carbocycles. The van der Waals surface area contributed by atoms with Crippen LogP contribution in [0, 0.1) is 36.5 Å². The molecule has 17 heteroatoms. The van der Waals surface area contributed by atoms with Crippen LogP contribution in [-0.4, -0.2) is 97.1 Å². The smallest absolute Gasteiger partial charge is 0.337 e. The highest BCUT2D eigenvalue weighted by atomic mass is 32.2. The fourth-order valence-corrected chi connectivity index (χ4v) is 10.7.